The van der Waals surface area contributed by atoms with Crippen molar-refractivity contribution in [3.05, 3.63) is 47.4 Å². The maximum absolute atomic E-state index is 11.4. The molecule has 0 spiro atoms. The second-order valence-corrected chi connectivity index (χ2v) is 4.21. The second kappa shape index (κ2) is 4.97. The van der Waals surface area contributed by atoms with Gasteiger partial charge in [-0.1, -0.05) is 0 Å². The van der Waals surface area contributed by atoms with Crippen molar-refractivity contribution < 1.29 is 9.53 Å². The predicted molar refractivity (Wildman–Crippen MR) is 75.1 cm³/mol. The second-order valence-electron chi connectivity index (χ2n) is 4.21. The Morgan fingerprint density at radius 1 is 1.21 bits per heavy atom. The van der Waals surface area contributed by atoms with Crippen LogP contribution in [0.4, 0.5) is 11.4 Å². The van der Waals surface area contributed by atoms with Crippen molar-refractivity contribution in [2.45, 2.75) is 6.92 Å². The summed E-state index contributed by atoms with van der Waals surface area (Å²) in [5, 5.41) is 0. The Hall–Kier alpha value is -2.56. The van der Waals surface area contributed by atoms with Crippen molar-refractivity contribution in [1.29, 1.82) is 0 Å². The molecule has 98 valence electrons. The van der Waals surface area contributed by atoms with Crippen LogP contribution in [0.15, 0.2) is 46.8 Å². The molecule has 0 radical (unpaired) electrons. The minimum Gasteiger partial charge on any atom is -0.494 e. The highest BCUT2D eigenvalue weighted by Crippen LogP contribution is 2.22. The minimum atomic E-state index is -0.274. The predicted octanol–water partition coefficient (Wildman–Crippen LogP) is 1.61. The standard InChI is InChI=1S/C14H15N3O2/c1-8-5-9(3-4-10(8)15)17-12-6-11(16)13(18)7-14(12)19-2/h3-7H,15-16H2,1-2H3. The first kappa shape index (κ1) is 12.9. The van der Waals surface area contributed by atoms with Crippen LogP contribution in [-0.4, -0.2) is 18.6 Å². The molecule has 5 nitrogen and oxygen atoms in total. The van der Waals surface area contributed by atoms with Gasteiger partial charge in [0.15, 0.2) is 0 Å². The lowest BCUT2D eigenvalue weighted by atomic mass is 10.1. The molecule has 0 amide bonds. The average Bonchev–Trinajstić information content (AvgIpc) is 2.38. The van der Waals surface area contributed by atoms with E-state index in [0.717, 1.165) is 11.3 Å². The summed E-state index contributed by atoms with van der Waals surface area (Å²) in [5.74, 6) is 0.123. The molecule has 1 aliphatic rings. The minimum absolute atomic E-state index is 0.145. The molecule has 1 aromatic carbocycles. The number of hydrogen-bond acceptors (Lipinski definition) is 5. The van der Waals surface area contributed by atoms with E-state index in [0.29, 0.717) is 17.2 Å². The number of anilines is 1. The average molecular weight is 257 g/mol. The van der Waals surface area contributed by atoms with Crippen molar-refractivity contribution in [1.82, 2.24) is 0 Å². The molecule has 0 atom stereocenters. The number of aliphatic imine (C=N–C) groups is 1. The monoisotopic (exact) mass is 257 g/mol. The highest BCUT2D eigenvalue weighted by atomic mass is 16.5. The van der Waals surface area contributed by atoms with Crippen molar-refractivity contribution in [3.8, 4) is 0 Å². The molecule has 5 heteroatoms. The van der Waals surface area contributed by atoms with Crippen LogP contribution >= 0.6 is 0 Å². The van der Waals surface area contributed by atoms with E-state index in [2.05, 4.69) is 4.99 Å². The Morgan fingerprint density at radius 3 is 2.58 bits per heavy atom. The number of rotatable bonds is 2. The number of carbonyl (C=O) groups is 1. The van der Waals surface area contributed by atoms with E-state index in [9.17, 15) is 4.79 Å². The van der Waals surface area contributed by atoms with Crippen molar-refractivity contribution in [2.75, 3.05) is 12.8 Å². The van der Waals surface area contributed by atoms with Crippen LogP contribution in [0.1, 0.15) is 5.56 Å². The number of aryl methyl sites for hydroxylation is 1. The molecule has 1 aromatic rings. The van der Waals surface area contributed by atoms with Gasteiger partial charge in [-0.3, -0.25) is 4.79 Å². The third-order valence-corrected chi connectivity index (χ3v) is 2.81. The van der Waals surface area contributed by atoms with E-state index >= 15 is 0 Å². The Kier molecular flexibility index (Phi) is 3.37. The summed E-state index contributed by atoms with van der Waals surface area (Å²) in [4.78, 5) is 15.9. The summed E-state index contributed by atoms with van der Waals surface area (Å²) < 4.78 is 5.13. The number of hydrogen-bond donors (Lipinski definition) is 2. The first-order chi connectivity index (χ1) is 9.01. The molecular weight excluding hydrogens is 242 g/mol. The summed E-state index contributed by atoms with van der Waals surface area (Å²) in [6, 6.07) is 5.44. The van der Waals surface area contributed by atoms with Crippen molar-refractivity contribution in [3.63, 3.8) is 0 Å². The molecule has 0 saturated carbocycles. The number of carbonyl (C=O) groups excluding carboxylic acids is 1. The van der Waals surface area contributed by atoms with E-state index in [4.69, 9.17) is 16.2 Å². The molecule has 0 heterocycles. The lowest BCUT2D eigenvalue weighted by molar-refractivity contribution is -0.111. The molecule has 0 bridgehead atoms. The number of ether oxygens (including phenoxy) is 1. The maximum atomic E-state index is 11.4. The van der Waals surface area contributed by atoms with E-state index in [1.54, 1.807) is 12.1 Å². The van der Waals surface area contributed by atoms with Gasteiger partial charge in [0.25, 0.3) is 0 Å². The molecular formula is C14H15N3O2. The third kappa shape index (κ3) is 2.65. The molecule has 1 aliphatic carbocycles. The summed E-state index contributed by atoms with van der Waals surface area (Å²) in [5.41, 5.74) is 14.4. The largest absolute Gasteiger partial charge is 0.494 e. The number of methoxy groups -OCH3 is 1. The number of benzene rings is 1. The van der Waals surface area contributed by atoms with Crippen LogP contribution in [0.2, 0.25) is 0 Å². The van der Waals surface area contributed by atoms with Gasteiger partial charge in [0.2, 0.25) is 5.78 Å². The fraction of sp³-hybridized carbons (Fsp3) is 0.143. The van der Waals surface area contributed by atoms with Gasteiger partial charge in [0, 0.05) is 11.8 Å². The van der Waals surface area contributed by atoms with Crippen molar-refractivity contribution in [2.24, 2.45) is 10.7 Å². The Labute approximate surface area is 111 Å². The van der Waals surface area contributed by atoms with Crippen LogP contribution in [0.25, 0.3) is 0 Å². The number of nitrogen functional groups attached to an aromatic ring is 1. The van der Waals surface area contributed by atoms with Crippen LogP contribution in [-0.2, 0) is 9.53 Å². The van der Waals surface area contributed by atoms with Crippen LogP contribution in [0.3, 0.4) is 0 Å². The van der Waals surface area contributed by atoms with E-state index in [1.807, 2.05) is 13.0 Å². The maximum Gasteiger partial charge on any atom is 0.205 e. The lowest BCUT2D eigenvalue weighted by Crippen LogP contribution is -2.19. The molecule has 0 aliphatic heterocycles. The molecule has 19 heavy (non-hydrogen) atoms. The zero-order valence-corrected chi connectivity index (χ0v) is 10.8. The SMILES string of the molecule is COC1=CC(=O)C(N)=CC1=Nc1ccc(N)c(C)c1. The smallest absolute Gasteiger partial charge is 0.205 e. The first-order valence-corrected chi connectivity index (χ1v) is 5.73. The highest BCUT2D eigenvalue weighted by molar-refractivity contribution is 6.21. The Balaban J connectivity index is 2.44. The zero-order chi connectivity index (χ0) is 14.0. The van der Waals surface area contributed by atoms with Gasteiger partial charge < -0.3 is 16.2 Å². The quantitative estimate of drug-likeness (QED) is 0.622. The number of ketones is 1. The normalized spacial score (nSPS) is 17.2. The van der Waals surface area contributed by atoms with Gasteiger partial charge in [-0.15, -0.1) is 0 Å². The van der Waals surface area contributed by atoms with E-state index in [1.165, 1.54) is 19.3 Å². The lowest BCUT2D eigenvalue weighted by Gasteiger charge is -2.12. The van der Waals surface area contributed by atoms with Gasteiger partial charge in [0.1, 0.15) is 11.5 Å². The van der Waals surface area contributed by atoms with Gasteiger partial charge in [-0.2, -0.15) is 0 Å². The Bertz CT molecular complexity index is 628. The first-order valence-electron chi connectivity index (χ1n) is 5.73. The zero-order valence-electron chi connectivity index (χ0n) is 10.8. The van der Waals surface area contributed by atoms with Crippen molar-refractivity contribution >= 4 is 22.9 Å². The van der Waals surface area contributed by atoms with Crippen LogP contribution in [0.5, 0.6) is 0 Å². The topological polar surface area (TPSA) is 90.7 Å². The molecule has 0 unspecified atom stereocenters. The van der Waals surface area contributed by atoms with Gasteiger partial charge in [0.05, 0.1) is 18.5 Å². The third-order valence-electron chi connectivity index (χ3n) is 2.81. The fourth-order valence-electron chi connectivity index (χ4n) is 1.69. The van der Waals surface area contributed by atoms with E-state index < -0.39 is 0 Å². The molecule has 4 N–H and O–H groups in total. The van der Waals surface area contributed by atoms with Gasteiger partial charge in [-0.05, 0) is 36.8 Å². The summed E-state index contributed by atoms with van der Waals surface area (Å²) >= 11 is 0. The summed E-state index contributed by atoms with van der Waals surface area (Å²) in [6.07, 6.45) is 2.84. The van der Waals surface area contributed by atoms with Gasteiger partial charge >= 0.3 is 0 Å². The number of nitrogens with two attached hydrogens (primary N) is 2. The molecule has 2 rings (SSSR count). The Morgan fingerprint density at radius 2 is 1.95 bits per heavy atom. The van der Waals surface area contributed by atoms with Crippen LogP contribution in [0, 0.1) is 6.92 Å². The number of allylic oxidation sites excluding steroid dienone is 2. The molecule has 0 saturated heterocycles. The van der Waals surface area contributed by atoms with Gasteiger partial charge in [-0.25, -0.2) is 4.99 Å². The number of nitrogens with zero attached hydrogens (tertiary/aromatic N) is 1. The highest BCUT2D eigenvalue weighted by Gasteiger charge is 2.17. The molecule has 0 fully saturated rings. The molecule has 0 aromatic heterocycles. The fourth-order valence-corrected chi connectivity index (χ4v) is 1.69. The summed E-state index contributed by atoms with van der Waals surface area (Å²) in [6.45, 7) is 1.90. The van der Waals surface area contributed by atoms with E-state index in [-0.39, 0.29) is 11.5 Å². The summed E-state index contributed by atoms with van der Waals surface area (Å²) in [7, 11) is 1.48. The van der Waals surface area contributed by atoms with Crippen LogP contribution < -0.4 is 11.5 Å².